The predicted molar refractivity (Wildman–Crippen MR) is 55.5 cm³/mol. The summed E-state index contributed by atoms with van der Waals surface area (Å²) < 4.78 is 5.35. The van der Waals surface area contributed by atoms with E-state index in [0.717, 1.165) is 0 Å². The molecule has 1 aliphatic rings. The van der Waals surface area contributed by atoms with Crippen molar-refractivity contribution in [3.63, 3.8) is 0 Å². The van der Waals surface area contributed by atoms with Crippen LogP contribution in [0.2, 0.25) is 5.02 Å². The summed E-state index contributed by atoms with van der Waals surface area (Å²) in [4.78, 5) is 10.8. The average Bonchev–Trinajstić information content (AvgIpc) is 2.19. The van der Waals surface area contributed by atoms with Gasteiger partial charge in [-0.3, -0.25) is 0 Å². The van der Waals surface area contributed by atoms with Gasteiger partial charge >= 0.3 is 5.97 Å². The first-order chi connectivity index (χ1) is 7.09. The van der Waals surface area contributed by atoms with Crippen molar-refractivity contribution in [2.75, 3.05) is 6.61 Å². The third-order valence-electron chi connectivity index (χ3n) is 2.39. The Morgan fingerprint density at radius 1 is 1.60 bits per heavy atom. The molecule has 0 saturated heterocycles. The smallest absolute Gasteiger partial charge is 0.335 e. The van der Waals surface area contributed by atoms with Crippen LogP contribution in [0.5, 0.6) is 5.75 Å². The predicted octanol–water partition coefficient (Wildman–Crippen LogP) is 1.82. The molecule has 0 bridgehead atoms. The maximum atomic E-state index is 10.8. The Bertz CT molecular complexity index is 419. The quantitative estimate of drug-likeness (QED) is 0.768. The van der Waals surface area contributed by atoms with Crippen LogP contribution in [0.15, 0.2) is 12.1 Å². The molecule has 4 nitrogen and oxygen atoms in total. The first-order valence-corrected chi connectivity index (χ1v) is 4.92. The number of rotatable bonds is 1. The zero-order valence-corrected chi connectivity index (χ0v) is 8.62. The summed E-state index contributed by atoms with van der Waals surface area (Å²) in [5.74, 6) is -0.502. The molecule has 0 saturated carbocycles. The number of aromatic carboxylic acids is 1. The van der Waals surface area contributed by atoms with Gasteiger partial charge in [0.05, 0.1) is 17.2 Å². The maximum absolute atomic E-state index is 10.8. The van der Waals surface area contributed by atoms with Crippen LogP contribution in [0.1, 0.15) is 28.4 Å². The highest BCUT2D eigenvalue weighted by atomic mass is 35.5. The molecule has 0 fully saturated rings. The van der Waals surface area contributed by atoms with Crippen LogP contribution in [0.4, 0.5) is 0 Å². The number of ether oxygens (including phenoxy) is 1. The Morgan fingerprint density at radius 2 is 2.33 bits per heavy atom. The second-order valence-corrected chi connectivity index (χ2v) is 3.83. The molecule has 5 heteroatoms. The molecule has 2 rings (SSSR count). The summed E-state index contributed by atoms with van der Waals surface area (Å²) >= 11 is 5.91. The summed E-state index contributed by atoms with van der Waals surface area (Å²) in [6, 6.07) is 2.69. The molecule has 1 atom stereocenters. The van der Waals surface area contributed by atoms with Crippen LogP contribution >= 0.6 is 11.6 Å². The van der Waals surface area contributed by atoms with Crippen molar-refractivity contribution < 1.29 is 14.6 Å². The van der Waals surface area contributed by atoms with Crippen LogP contribution in [0.3, 0.4) is 0 Å². The monoisotopic (exact) mass is 227 g/mol. The van der Waals surface area contributed by atoms with E-state index in [9.17, 15) is 4.79 Å². The van der Waals surface area contributed by atoms with Gasteiger partial charge in [0.2, 0.25) is 0 Å². The molecule has 0 aromatic heterocycles. The van der Waals surface area contributed by atoms with Gasteiger partial charge < -0.3 is 15.6 Å². The number of carbonyl (C=O) groups is 1. The molecule has 3 N–H and O–H groups in total. The van der Waals surface area contributed by atoms with Crippen molar-refractivity contribution in [2.45, 2.75) is 12.5 Å². The molecule has 1 aromatic rings. The molecule has 1 aromatic carbocycles. The molecule has 0 radical (unpaired) electrons. The minimum absolute atomic E-state index is 0.139. The van der Waals surface area contributed by atoms with Crippen LogP contribution in [-0.4, -0.2) is 17.7 Å². The number of nitrogens with two attached hydrogens (primary N) is 1. The van der Waals surface area contributed by atoms with E-state index in [0.29, 0.717) is 29.4 Å². The number of carboxylic acid groups (broad SMARTS) is 1. The zero-order valence-electron chi connectivity index (χ0n) is 7.87. The summed E-state index contributed by atoms with van der Waals surface area (Å²) in [6.07, 6.45) is 0.673. The van der Waals surface area contributed by atoms with Crippen molar-refractivity contribution in [2.24, 2.45) is 5.73 Å². The Balaban J connectivity index is 2.56. The van der Waals surface area contributed by atoms with E-state index >= 15 is 0 Å². The fourth-order valence-electron chi connectivity index (χ4n) is 1.61. The molecule has 0 amide bonds. The summed E-state index contributed by atoms with van der Waals surface area (Å²) in [7, 11) is 0. The van der Waals surface area contributed by atoms with E-state index in [1.165, 1.54) is 12.1 Å². The first kappa shape index (κ1) is 10.3. The van der Waals surface area contributed by atoms with Gasteiger partial charge in [-0.05, 0) is 12.1 Å². The van der Waals surface area contributed by atoms with Crippen LogP contribution < -0.4 is 10.5 Å². The second-order valence-electron chi connectivity index (χ2n) is 3.43. The van der Waals surface area contributed by atoms with Gasteiger partial charge in [0, 0.05) is 18.0 Å². The minimum atomic E-state index is -1.02. The zero-order chi connectivity index (χ0) is 11.0. The van der Waals surface area contributed by atoms with Gasteiger partial charge in [0.15, 0.2) is 0 Å². The average molecular weight is 228 g/mol. The lowest BCUT2D eigenvalue weighted by atomic mass is 9.99. The van der Waals surface area contributed by atoms with Crippen molar-refractivity contribution in [3.05, 3.63) is 28.3 Å². The first-order valence-electron chi connectivity index (χ1n) is 4.54. The van der Waals surface area contributed by atoms with E-state index in [4.69, 9.17) is 27.2 Å². The molecular formula is C10H10ClNO3. The Labute approximate surface area is 91.6 Å². The normalized spacial score (nSPS) is 19.2. The molecule has 80 valence electrons. The fraction of sp³-hybridized carbons (Fsp3) is 0.300. The fourth-order valence-corrected chi connectivity index (χ4v) is 1.89. The van der Waals surface area contributed by atoms with Gasteiger partial charge in [0.1, 0.15) is 5.75 Å². The minimum Gasteiger partial charge on any atom is -0.492 e. The van der Waals surface area contributed by atoms with E-state index < -0.39 is 5.97 Å². The maximum Gasteiger partial charge on any atom is 0.335 e. The lowest BCUT2D eigenvalue weighted by Crippen LogP contribution is -2.21. The Kier molecular flexibility index (Phi) is 2.54. The Morgan fingerprint density at radius 3 is 3.00 bits per heavy atom. The molecule has 15 heavy (non-hydrogen) atoms. The highest BCUT2D eigenvalue weighted by molar-refractivity contribution is 6.32. The van der Waals surface area contributed by atoms with E-state index in [1.54, 1.807) is 0 Å². The largest absolute Gasteiger partial charge is 0.492 e. The molecule has 1 heterocycles. The van der Waals surface area contributed by atoms with E-state index in [1.807, 2.05) is 0 Å². The molecular weight excluding hydrogens is 218 g/mol. The summed E-state index contributed by atoms with van der Waals surface area (Å²) in [5.41, 5.74) is 6.66. The van der Waals surface area contributed by atoms with Crippen LogP contribution in [0.25, 0.3) is 0 Å². The van der Waals surface area contributed by atoms with Gasteiger partial charge in [-0.1, -0.05) is 11.6 Å². The lowest BCUT2D eigenvalue weighted by molar-refractivity contribution is 0.0696. The van der Waals surface area contributed by atoms with Crippen molar-refractivity contribution in [3.8, 4) is 5.75 Å². The lowest BCUT2D eigenvalue weighted by Gasteiger charge is -2.24. The second kappa shape index (κ2) is 3.72. The molecule has 0 aliphatic carbocycles. The van der Waals surface area contributed by atoms with Crippen molar-refractivity contribution in [1.29, 1.82) is 0 Å². The van der Waals surface area contributed by atoms with Gasteiger partial charge in [-0.25, -0.2) is 4.79 Å². The number of halogens is 1. The molecule has 0 unspecified atom stereocenters. The number of hydrogen-bond acceptors (Lipinski definition) is 3. The molecule has 0 spiro atoms. The number of hydrogen-bond donors (Lipinski definition) is 2. The number of fused-ring (bicyclic) bond motifs is 1. The SMILES string of the molecule is N[C@H]1CCOc2c(Cl)cc(C(=O)O)cc21. The van der Waals surface area contributed by atoms with Gasteiger partial charge in [-0.2, -0.15) is 0 Å². The number of carboxylic acids is 1. The van der Waals surface area contributed by atoms with Crippen LogP contribution in [-0.2, 0) is 0 Å². The summed E-state index contributed by atoms with van der Waals surface area (Å²) in [5, 5.41) is 9.16. The van der Waals surface area contributed by atoms with E-state index in [2.05, 4.69) is 0 Å². The van der Waals surface area contributed by atoms with Crippen LogP contribution in [0, 0.1) is 0 Å². The third-order valence-corrected chi connectivity index (χ3v) is 2.67. The summed E-state index contributed by atoms with van der Waals surface area (Å²) in [6.45, 7) is 0.514. The third kappa shape index (κ3) is 1.78. The number of benzene rings is 1. The molecule has 1 aliphatic heterocycles. The highest BCUT2D eigenvalue weighted by Crippen LogP contribution is 2.37. The van der Waals surface area contributed by atoms with Crippen molar-refractivity contribution in [1.82, 2.24) is 0 Å². The highest BCUT2D eigenvalue weighted by Gasteiger charge is 2.22. The Hall–Kier alpha value is -1.26. The van der Waals surface area contributed by atoms with Gasteiger partial charge in [0.25, 0.3) is 0 Å². The van der Waals surface area contributed by atoms with E-state index in [-0.39, 0.29) is 11.6 Å². The topological polar surface area (TPSA) is 72.5 Å². The van der Waals surface area contributed by atoms with Gasteiger partial charge in [-0.15, -0.1) is 0 Å². The standard InChI is InChI=1S/C10H10ClNO3/c11-7-4-5(10(13)14)3-6-8(12)1-2-15-9(6)7/h3-4,8H,1-2,12H2,(H,13,14)/t8-/m0/s1. The van der Waals surface area contributed by atoms with Crippen molar-refractivity contribution >= 4 is 17.6 Å².